The summed E-state index contributed by atoms with van der Waals surface area (Å²) < 4.78 is 11.2. The fourth-order valence-electron chi connectivity index (χ4n) is 5.43. The molecule has 1 N–H and O–H groups in total. The van der Waals surface area contributed by atoms with E-state index in [1.165, 1.54) is 7.11 Å². The van der Waals surface area contributed by atoms with Gasteiger partial charge >= 0.3 is 5.97 Å². The van der Waals surface area contributed by atoms with E-state index in [9.17, 15) is 14.4 Å². The van der Waals surface area contributed by atoms with Crippen molar-refractivity contribution in [2.75, 3.05) is 17.3 Å². The van der Waals surface area contributed by atoms with E-state index in [4.69, 9.17) is 9.47 Å². The number of benzene rings is 2. The highest BCUT2D eigenvalue weighted by molar-refractivity contribution is 5.87. The van der Waals surface area contributed by atoms with Gasteiger partial charge in [0.25, 0.3) is 10.9 Å². The highest BCUT2D eigenvalue weighted by atomic mass is 16.5. The van der Waals surface area contributed by atoms with Crippen molar-refractivity contribution in [2.24, 2.45) is 0 Å². The van der Waals surface area contributed by atoms with E-state index in [0.29, 0.717) is 17.3 Å². The minimum Gasteiger partial charge on any atom is -0.467 e. The summed E-state index contributed by atoms with van der Waals surface area (Å²) in [5.41, 5.74) is 1.27. The Morgan fingerprint density at radius 3 is 2.41 bits per heavy atom. The summed E-state index contributed by atoms with van der Waals surface area (Å²) in [6.45, 7) is 6.14. The molecule has 0 bridgehead atoms. The fraction of sp³-hybridized carbons (Fsp3) is 0.355. The van der Waals surface area contributed by atoms with Crippen LogP contribution in [0.5, 0.6) is 11.6 Å². The van der Waals surface area contributed by atoms with Gasteiger partial charge in [0.05, 0.1) is 7.11 Å². The molecule has 3 aromatic carbocycles. The Bertz CT molecular complexity index is 1560. The normalized spacial score (nSPS) is 17.9. The lowest BCUT2D eigenvalue weighted by atomic mass is 10.0. The number of ether oxygens (including phenoxy) is 2. The number of rotatable bonds is 9. The van der Waals surface area contributed by atoms with Gasteiger partial charge in [0.2, 0.25) is 5.88 Å². The number of hydrogen-bond donors (Lipinski definition) is 1. The molecule has 3 atom stereocenters. The molecule has 8 nitrogen and oxygen atoms in total. The maximum Gasteiger partial charge on any atom is 0.328 e. The lowest BCUT2D eigenvalue weighted by molar-refractivity contribution is -0.141. The molecule has 1 saturated heterocycles. The van der Waals surface area contributed by atoms with Crippen LogP contribution >= 0.6 is 0 Å². The molecule has 0 amide bonds. The van der Waals surface area contributed by atoms with Gasteiger partial charge in [0, 0.05) is 29.6 Å². The summed E-state index contributed by atoms with van der Waals surface area (Å²) >= 11 is 0. The average molecular weight is 528 g/mol. The maximum absolute atomic E-state index is 12.7. The zero-order valence-electron chi connectivity index (χ0n) is 22.7. The molecule has 2 heterocycles. The zero-order chi connectivity index (χ0) is 27.7. The lowest BCUT2D eigenvalue weighted by Crippen LogP contribution is -2.48. The third kappa shape index (κ3) is 5.11. The number of anilines is 2. The standard InChI is InChI=1S/C31H33N3O5/c1-5-22-17-21-8-6-7-9-24(21)30(32-22)39-23-14-12-20(13-15-23)16-25(31(37)38-4)33-26-27(29(36)28(26)35)34-18(2)10-11-19(34)3/h6-9,12-15,17-19,25,33H,5,10-11,16H2,1-4H3/t18-,19+,25-/m0/s1. The van der Waals surface area contributed by atoms with Gasteiger partial charge in [-0.3, -0.25) is 9.59 Å². The highest BCUT2D eigenvalue weighted by Crippen LogP contribution is 2.33. The molecule has 1 fully saturated rings. The highest BCUT2D eigenvalue weighted by Gasteiger charge is 2.37. The average Bonchev–Trinajstić information content (AvgIpc) is 3.28. The first-order chi connectivity index (χ1) is 18.8. The molecule has 8 heteroatoms. The molecule has 1 aliphatic heterocycles. The topological polar surface area (TPSA) is 97.8 Å². The lowest BCUT2D eigenvalue weighted by Gasteiger charge is -2.32. The number of pyridine rings is 1. The summed E-state index contributed by atoms with van der Waals surface area (Å²) in [5, 5.41) is 5.04. The Morgan fingerprint density at radius 2 is 1.74 bits per heavy atom. The number of fused-ring (bicyclic) bond motifs is 1. The predicted octanol–water partition coefficient (Wildman–Crippen LogP) is 4.76. The van der Waals surface area contributed by atoms with Crippen molar-refractivity contribution in [3.63, 3.8) is 0 Å². The Balaban J connectivity index is 1.35. The smallest absolute Gasteiger partial charge is 0.328 e. The number of carbonyl (C=O) groups is 1. The van der Waals surface area contributed by atoms with E-state index in [0.717, 1.165) is 41.3 Å². The Labute approximate surface area is 227 Å². The molecular formula is C31H33N3O5. The van der Waals surface area contributed by atoms with E-state index < -0.39 is 22.9 Å². The summed E-state index contributed by atoms with van der Waals surface area (Å²) in [5.74, 6) is 0.655. The SMILES string of the molecule is CCc1cc2ccccc2c(Oc2ccc(C[C@H](Nc3c(N4[C@H](C)CC[C@@H]4C)c(=O)c3=O)C(=O)OC)cc2)n1. The van der Waals surface area contributed by atoms with E-state index in [1.807, 2.05) is 67.3 Å². The summed E-state index contributed by atoms with van der Waals surface area (Å²) in [6.07, 6.45) is 2.96. The molecule has 202 valence electrons. The first kappa shape index (κ1) is 26.4. The van der Waals surface area contributed by atoms with Crippen LogP contribution in [0.3, 0.4) is 0 Å². The molecule has 5 rings (SSSR count). The molecule has 0 aliphatic carbocycles. The number of esters is 1. The van der Waals surface area contributed by atoms with Crippen LogP contribution in [0.25, 0.3) is 10.8 Å². The zero-order valence-corrected chi connectivity index (χ0v) is 22.7. The number of carbonyl (C=O) groups excluding carboxylic acids is 1. The van der Waals surface area contributed by atoms with E-state index in [2.05, 4.69) is 23.3 Å². The Kier molecular flexibility index (Phi) is 7.37. The van der Waals surface area contributed by atoms with Crippen molar-refractivity contribution in [1.82, 2.24) is 4.98 Å². The predicted molar refractivity (Wildman–Crippen MR) is 153 cm³/mol. The summed E-state index contributed by atoms with van der Waals surface area (Å²) in [7, 11) is 1.31. The molecule has 0 spiro atoms. The minimum absolute atomic E-state index is 0.151. The second-order valence-electron chi connectivity index (χ2n) is 10.2. The summed E-state index contributed by atoms with van der Waals surface area (Å²) in [4.78, 5) is 44.4. The molecule has 1 aromatic heterocycles. The Morgan fingerprint density at radius 1 is 1.05 bits per heavy atom. The molecule has 0 radical (unpaired) electrons. The number of methoxy groups -OCH3 is 1. The number of nitrogens with one attached hydrogen (secondary N) is 1. The first-order valence-corrected chi connectivity index (χ1v) is 13.4. The van der Waals surface area contributed by atoms with Gasteiger partial charge in [-0.05, 0) is 68.3 Å². The van der Waals surface area contributed by atoms with Crippen LogP contribution in [0.15, 0.2) is 64.2 Å². The van der Waals surface area contributed by atoms with Crippen molar-refractivity contribution in [2.45, 2.75) is 64.6 Å². The van der Waals surface area contributed by atoms with Crippen LogP contribution in [0.4, 0.5) is 11.4 Å². The molecule has 1 aliphatic rings. The quantitative estimate of drug-likeness (QED) is 0.246. The van der Waals surface area contributed by atoms with E-state index in [-0.39, 0.29) is 24.2 Å². The molecule has 4 aromatic rings. The van der Waals surface area contributed by atoms with Gasteiger partial charge in [-0.1, -0.05) is 37.3 Å². The van der Waals surface area contributed by atoms with Crippen molar-refractivity contribution in [1.29, 1.82) is 0 Å². The van der Waals surface area contributed by atoms with Gasteiger partial charge in [0.15, 0.2) is 0 Å². The van der Waals surface area contributed by atoms with Gasteiger partial charge in [-0.2, -0.15) is 0 Å². The van der Waals surface area contributed by atoms with Crippen molar-refractivity contribution < 1.29 is 14.3 Å². The van der Waals surface area contributed by atoms with E-state index in [1.54, 1.807) is 0 Å². The fourth-order valence-corrected chi connectivity index (χ4v) is 5.43. The van der Waals surface area contributed by atoms with Crippen molar-refractivity contribution in [3.05, 3.63) is 86.3 Å². The monoisotopic (exact) mass is 527 g/mol. The molecule has 0 saturated carbocycles. The van der Waals surface area contributed by atoms with Crippen LogP contribution < -0.4 is 25.8 Å². The second-order valence-corrected chi connectivity index (χ2v) is 10.2. The van der Waals surface area contributed by atoms with Crippen LogP contribution in [0, 0.1) is 0 Å². The van der Waals surface area contributed by atoms with Crippen LogP contribution in [-0.4, -0.2) is 36.2 Å². The molecular weight excluding hydrogens is 494 g/mol. The number of aryl methyl sites for hydroxylation is 1. The largest absolute Gasteiger partial charge is 0.467 e. The Hall–Kier alpha value is -4.20. The molecule has 0 unspecified atom stereocenters. The van der Waals surface area contributed by atoms with Gasteiger partial charge in [-0.25, -0.2) is 9.78 Å². The van der Waals surface area contributed by atoms with Gasteiger partial charge < -0.3 is 19.7 Å². The second kappa shape index (κ2) is 10.9. The van der Waals surface area contributed by atoms with Crippen LogP contribution in [0.1, 0.15) is 44.9 Å². The van der Waals surface area contributed by atoms with Crippen molar-refractivity contribution >= 4 is 28.1 Å². The van der Waals surface area contributed by atoms with Gasteiger partial charge in [0.1, 0.15) is 23.2 Å². The number of hydrogen-bond acceptors (Lipinski definition) is 8. The third-order valence-corrected chi connectivity index (χ3v) is 7.60. The first-order valence-electron chi connectivity index (χ1n) is 13.4. The van der Waals surface area contributed by atoms with E-state index >= 15 is 0 Å². The number of nitrogens with zero attached hydrogens (tertiary/aromatic N) is 2. The maximum atomic E-state index is 12.7. The minimum atomic E-state index is -0.830. The molecule has 39 heavy (non-hydrogen) atoms. The van der Waals surface area contributed by atoms with Gasteiger partial charge in [-0.15, -0.1) is 0 Å². The van der Waals surface area contributed by atoms with Crippen LogP contribution in [0.2, 0.25) is 0 Å². The summed E-state index contributed by atoms with van der Waals surface area (Å²) in [6, 6.07) is 16.9. The van der Waals surface area contributed by atoms with Crippen molar-refractivity contribution in [3.8, 4) is 11.6 Å². The number of aromatic nitrogens is 1. The van der Waals surface area contributed by atoms with Crippen LogP contribution in [-0.2, 0) is 22.4 Å². The third-order valence-electron chi connectivity index (χ3n) is 7.60.